The van der Waals surface area contributed by atoms with Crippen molar-refractivity contribution in [2.45, 2.75) is 16.2 Å². The second kappa shape index (κ2) is 8.89. The highest BCUT2D eigenvalue weighted by Crippen LogP contribution is 2.37. The molecular formula is C27H21NO3S2. The third-order valence-corrected chi connectivity index (χ3v) is 8.05. The minimum Gasteiger partial charge on any atom is -0.293 e. The lowest BCUT2D eigenvalue weighted by atomic mass is 10.0. The van der Waals surface area contributed by atoms with Crippen molar-refractivity contribution in [3.8, 4) is 11.1 Å². The maximum absolute atomic E-state index is 12.8. The minimum absolute atomic E-state index is 0.0765. The summed E-state index contributed by atoms with van der Waals surface area (Å²) >= 11 is 1.44. The van der Waals surface area contributed by atoms with Crippen molar-refractivity contribution in [1.29, 1.82) is 0 Å². The quantitative estimate of drug-likeness (QED) is 0.232. The molecule has 1 N–H and O–H groups in total. The first-order chi connectivity index (χ1) is 16.0. The number of hydrogen-bond donors (Lipinski definition) is 1. The summed E-state index contributed by atoms with van der Waals surface area (Å²) in [6.07, 6.45) is 0.861. The molecule has 0 bridgehead atoms. The molecule has 4 aromatic carbocycles. The van der Waals surface area contributed by atoms with Gasteiger partial charge in [0.2, 0.25) is 0 Å². The summed E-state index contributed by atoms with van der Waals surface area (Å²) < 4.78 is 27.5. The maximum atomic E-state index is 12.8. The van der Waals surface area contributed by atoms with E-state index in [1.165, 1.54) is 34.0 Å². The van der Waals surface area contributed by atoms with E-state index in [4.69, 9.17) is 0 Å². The Morgan fingerprint density at radius 1 is 0.788 bits per heavy atom. The number of fused-ring (bicyclic) bond motifs is 3. The van der Waals surface area contributed by atoms with E-state index in [-0.39, 0.29) is 10.7 Å². The Kier molecular flexibility index (Phi) is 5.79. The molecule has 4 nitrogen and oxygen atoms in total. The number of ketones is 1. The zero-order valence-corrected chi connectivity index (χ0v) is 19.3. The van der Waals surface area contributed by atoms with Gasteiger partial charge in [0.05, 0.1) is 10.6 Å². The lowest BCUT2D eigenvalue weighted by molar-refractivity contribution is 0.102. The minimum atomic E-state index is -3.62. The summed E-state index contributed by atoms with van der Waals surface area (Å²) in [6.45, 7) is 0. The lowest BCUT2D eigenvalue weighted by Crippen LogP contribution is -2.12. The number of rotatable bonds is 7. The Morgan fingerprint density at radius 3 is 2.27 bits per heavy atom. The summed E-state index contributed by atoms with van der Waals surface area (Å²) in [5.74, 6) is 0.397. The number of anilines is 1. The Balaban J connectivity index is 1.22. The van der Waals surface area contributed by atoms with Gasteiger partial charge in [0.15, 0.2) is 5.78 Å². The number of thioether (sulfide) groups is 1. The second-order valence-corrected chi connectivity index (χ2v) is 10.6. The van der Waals surface area contributed by atoms with E-state index in [1.807, 2.05) is 42.5 Å². The fourth-order valence-corrected chi connectivity index (χ4v) is 5.86. The van der Waals surface area contributed by atoms with Crippen LogP contribution in [0.5, 0.6) is 0 Å². The first-order valence-electron chi connectivity index (χ1n) is 10.5. The van der Waals surface area contributed by atoms with Crippen LogP contribution in [0.3, 0.4) is 0 Å². The number of nitrogens with one attached hydrogen (secondary N) is 1. The molecule has 4 aromatic rings. The van der Waals surface area contributed by atoms with Crippen LogP contribution in [-0.2, 0) is 16.4 Å². The van der Waals surface area contributed by atoms with Crippen molar-refractivity contribution in [2.24, 2.45) is 0 Å². The van der Waals surface area contributed by atoms with E-state index < -0.39 is 10.0 Å². The molecule has 0 saturated carbocycles. The van der Waals surface area contributed by atoms with Crippen LogP contribution in [0.4, 0.5) is 5.69 Å². The highest BCUT2D eigenvalue weighted by Gasteiger charge is 2.19. The van der Waals surface area contributed by atoms with Gasteiger partial charge in [-0.3, -0.25) is 9.52 Å². The number of benzene rings is 4. The van der Waals surface area contributed by atoms with E-state index >= 15 is 0 Å². The van der Waals surface area contributed by atoms with Crippen molar-refractivity contribution < 1.29 is 13.2 Å². The van der Waals surface area contributed by atoms with Gasteiger partial charge in [-0.1, -0.05) is 54.6 Å². The number of carbonyl (C=O) groups excluding carboxylic acids is 1. The third-order valence-electron chi connectivity index (χ3n) is 5.65. The Hall–Kier alpha value is -3.35. The smallest absolute Gasteiger partial charge is 0.261 e. The van der Waals surface area contributed by atoms with Crippen LogP contribution >= 0.6 is 11.8 Å². The fourth-order valence-electron chi connectivity index (χ4n) is 3.98. The molecule has 0 aromatic heterocycles. The van der Waals surface area contributed by atoms with Gasteiger partial charge < -0.3 is 0 Å². The largest absolute Gasteiger partial charge is 0.293 e. The van der Waals surface area contributed by atoms with E-state index in [2.05, 4.69) is 16.9 Å². The van der Waals surface area contributed by atoms with Gasteiger partial charge in [0, 0.05) is 16.1 Å². The maximum Gasteiger partial charge on any atom is 0.261 e. The van der Waals surface area contributed by atoms with E-state index in [0.717, 1.165) is 16.9 Å². The second-order valence-electron chi connectivity index (χ2n) is 7.86. The number of hydrogen-bond acceptors (Lipinski definition) is 4. The van der Waals surface area contributed by atoms with Crippen LogP contribution < -0.4 is 4.72 Å². The van der Waals surface area contributed by atoms with E-state index in [1.54, 1.807) is 42.5 Å². The van der Waals surface area contributed by atoms with Gasteiger partial charge in [-0.2, -0.15) is 0 Å². The van der Waals surface area contributed by atoms with Crippen LogP contribution in [0.2, 0.25) is 0 Å². The summed E-state index contributed by atoms with van der Waals surface area (Å²) in [7, 11) is -3.62. The third kappa shape index (κ3) is 4.58. The average Bonchev–Trinajstić information content (AvgIpc) is 3.21. The molecule has 0 aliphatic heterocycles. The number of sulfonamides is 1. The molecule has 0 radical (unpaired) electrons. The molecule has 6 heteroatoms. The van der Waals surface area contributed by atoms with Gasteiger partial charge >= 0.3 is 0 Å². The van der Waals surface area contributed by atoms with Crippen molar-refractivity contribution in [2.75, 3.05) is 10.5 Å². The Bertz CT molecular complexity index is 1430. The van der Waals surface area contributed by atoms with Crippen LogP contribution in [0.25, 0.3) is 11.1 Å². The van der Waals surface area contributed by atoms with Crippen molar-refractivity contribution in [3.05, 3.63) is 114 Å². The normalized spacial score (nSPS) is 12.1. The van der Waals surface area contributed by atoms with Crippen LogP contribution in [0.15, 0.2) is 107 Å². The summed E-state index contributed by atoms with van der Waals surface area (Å²) in [4.78, 5) is 13.9. The number of Topliss-reactive ketones (excluding diaryl/α,β-unsaturated/α-hetero) is 1. The van der Waals surface area contributed by atoms with Gasteiger partial charge in [0.25, 0.3) is 10.0 Å². The fraction of sp³-hybridized carbons (Fsp3) is 0.0741. The Labute approximate surface area is 197 Å². The lowest BCUT2D eigenvalue weighted by Gasteiger charge is -2.09. The van der Waals surface area contributed by atoms with Gasteiger partial charge in [-0.15, -0.1) is 11.8 Å². The van der Waals surface area contributed by atoms with Crippen LogP contribution in [0, 0.1) is 0 Å². The molecule has 0 fully saturated rings. The monoisotopic (exact) mass is 471 g/mol. The van der Waals surface area contributed by atoms with Gasteiger partial charge in [-0.25, -0.2) is 8.42 Å². The SMILES string of the molecule is O=C(CSc1ccc(NS(=O)(=O)c2ccccc2)cc1)c1ccc2c(c1)Cc1ccccc1-2. The molecule has 0 amide bonds. The van der Waals surface area contributed by atoms with Gasteiger partial charge in [-0.05, 0) is 71.1 Å². The molecule has 1 aliphatic rings. The zero-order chi connectivity index (χ0) is 22.8. The van der Waals surface area contributed by atoms with Crippen LogP contribution in [0.1, 0.15) is 21.5 Å². The molecule has 0 atom stereocenters. The molecule has 33 heavy (non-hydrogen) atoms. The molecule has 0 spiro atoms. The van der Waals surface area contributed by atoms with E-state index in [0.29, 0.717) is 11.4 Å². The predicted molar refractivity (Wildman–Crippen MR) is 133 cm³/mol. The van der Waals surface area contributed by atoms with E-state index in [9.17, 15) is 13.2 Å². The van der Waals surface area contributed by atoms with Crippen molar-refractivity contribution in [1.82, 2.24) is 0 Å². The van der Waals surface area contributed by atoms with Crippen LogP contribution in [-0.4, -0.2) is 20.0 Å². The molecule has 0 heterocycles. The molecule has 164 valence electrons. The Morgan fingerprint density at radius 2 is 1.48 bits per heavy atom. The summed E-state index contributed by atoms with van der Waals surface area (Å²) in [5, 5.41) is 0. The standard InChI is InChI=1S/C27H21NO3S2/c29-27(20-10-15-26-21(17-20)16-19-6-4-5-9-25(19)26)18-32-23-13-11-22(12-14-23)28-33(30,31)24-7-2-1-3-8-24/h1-15,17,28H,16,18H2. The molecule has 0 saturated heterocycles. The van der Waals surface area contributed by atoms with Gasteiger partial charge in [0.1, 0.15) is 0 Å². The average molecular weight is 472 g/mol. The highest BCUT2D eigenvalue weighted by molar-refractivity contribution is 8.00. The summed E-state index contributed by atoms with van der Waals surface area (Å²) in [6, 6.07) is 29.6. The topological polar surface area (TPSA) is 63.2 Å². The molecule has 5 rings (SSSR count). The first kappa shape index (κ1) is 21.5. The highest BCUT2D eigenvalue weighted by atomic mass is 32.2. The molecule has 0 unspecified atom stereocenters. The zero-order valence-electron chi connectivity index (χ0n) is 17.7. The van der Waals surface area contributed by atoms with Crippen molar-refractivity contribution in [3.63, 3.8) is 0 Å². The molecule has 1 aliphatic carbocycles. The van der Waals surface area contributed by atoms with Crippen molar-refractivity contribution >= 4 is 33.3 Å². The number of carbonyl (C=O) groups is 1. The molecular weight excluding hydrogens is 450 g/mol. The summed E-state index contributed by atoms with van der Waals surface area (Å²) in [5.41, 5.74) is 6.16. The first-order valence-corrected chi connectivity index (χ1v) is 13.0. The predicted octanol–water partition coefficient (Wildman–Crippen LogP) is 6.03.